The molecule has 20 heavy (non-hydrogen) atoms. The Labute approximate surface area is 117 Å². The molecule has 1 aromatic carbocycles. The van der Waals surface area contributed by atoms with E-state index >= 15 is 0 Å². The Morgan fingerprint density at radius 3 is 2.60 bits per heavy atom. The van der Waals surface area contributed by atoms with Gasteiger partial charge in [-0.2, -0.15) is 0 Å². The summed E-state index contributed by atoms with van der Waals surface area (Å²) in [6.07, 6.45) is 5.30. The van der Waals surface area contributed by atoms with E-state index in [1.54, 1.807) is 18.6 Å². The molecule has 3 rings (SSSR count). The number of nitrogens with one attached hydrogen (secondary N) is 1. The summed E-state index contributed by atoms with van der Waals surface area (Å²) in [7, 11) is 0. The van der Waals surface area contributed by atoms with E-state index in [0.29, 0.717) is 12.5 Å². The predicted octanol–water partition coefficient (Wildman–Crippen LogP) is 3.15. The third kappa shape index (κ3) is 2.98. The number of benzene rings is 1. The van der Waals surface area contributed by atoms with E-state index in [4.69, 9.17) is 0 Å². The molecule has 0 aliphatic carbocycles. The molecule has 3 aromatic rings. The highest BCUT2D eigenvalue weighted by Crippen LogP contribution is 2.16. The molecule has 0 radical (unpaired) electrons. The van der Waals surface area contributed by atoms with E-state index in [9.17, 15) is 0 Å². The van der Waals surface area contributed by atoms with Crippen molar-refractivity contribution in [2.75, 3.05) is 5.32 Å². The summed E-state index contributed by atoms with van der Waals surface area (Å²) in [5.41, 5.74) is 3.05. The smallest absolute Gasteiger partial charge is 0.223 e. The second-order valence-corrected chi connectivity index (χ2v) is 4.35. The SMILES string of the molecule is c1ccc(CNc2nccc(-c3cccnc3)n2)cc1. The molecule has 0 saturated carbocycles. The number of anilines is 1. The molecule has 98 valence electrons. The topological polar surface area (TPSA) is 50.7 Å². The average molecular weight is 262 g/mol. The van der Waals surface area contributed by atoms with E-state index in [1.165, 1.54) is 5.56 Å². The van der Waals surface area contributed by atoms with Gasteiger partial charge in [0.2, 0.25) is 5.95 Å². The third-order valence-electron chi connectivity index (χ3n) is 2.91. The van der Waals surface area contributed by atoms with E-state index in [-0.39, 0.29) is 0 Å². The molecule has 0 aliphatic heterocycles. The van der Waals surface area contributed by atoms with Crippen LogP contribution in [-0.2, 0) is 6.54 Å². The molecule has 1 N–H and O–H groups in total. The Bertz CT molecular complexity index is 668. The molecule has 0 atom stereocenters. The lowest BCUT2D eigenvalue weighted by molar-refractivity contribution is 1.06. The van der Waals surface area contributed by atoms with Crippen molar-refractivity contribution in [3.8, 4) is 11.3 Å². The van der Waals surface area contributed by atoms with Gasteiger partial charge in [-0.1, -0.05) is 30.3 Å². The van der Waals surface area contributed by atoms with Gasteiger partial charge in [0.15, 0.2) is 0 Å². The highest BCUT2D eigenvalue weighted by molar-refractivity contribution is 5.58. The number of hydrogen-bond donors (Lipinski definition) is 1. The number of nitrogens with zero attached hydrogens (tertiary/aromatic N) is 3. The lowest BCUT2D eigenvalue weighted by atomic mass is 10.2. The van der Waals surface area contributed by atoms with Crippen LogP contribution in [0.4, 0.5) is 5.95 Å². The Kier molecular flexibility index (Phi) is 3.64. The van der Waals surface area contributed by atoms with Crippen LogP contribution in [0.15, 0.2) is 67.1 Å². The van der Waals surface area contributed by atoms with Crippen molar-refractivity contribution in [3.05, 3.63) is 72.7 Å². The molecule has 0 aliphatic rings. The first-order valence-corrected chi connectivity index (χ1v) is 6.43. The fraction of sp³-hybridized carbons (Fsp3) is 0.0625. The van der Waals surface area contributed by atoms with Gasteiger partial charge in [0, 0.05) is 30.7 Å². The maximum Gasteiger partial charge on any atom is 0.223 e. The first-order valence-electron chi connectivity index (χ1n) is 6.43. The van der Waals surface area contributed by atoms with Crippen LogP contribution in [0.3, 0.4) is 0 Å². The first kappa shape index (κ1) is 12.3. The molecular weight excluding hydrogens is 248 g/mol. The van der Waals surface area contributed by atoms with Gasteiger partial charge in [-0.05, 0) is 23.8 Å². The van der Waals surface area contributed by atoms with Gasteiger partial charge in [0.05, 0.1) is 5.69 Å². The van der Waals surface area contributed by atoms with Gasteiger partial charge >= 0.3 is 0 Å². The second-order valence-electron chi connectivity index (χ2n) is 4.35. The monoisotopic (exact) mass is 262 g/mol. The quantitative estimate of drug-likeness (QED) is 0.784. The van der Waals surface area contributed by atoms with Crippen molar-refractivity contribution in [3.63, 3.8) is 0 Å². The molecule has 0 amide bonds. The standard InChI is InChI=1S/C16H14N4/c1-2-5-13(6-3-1)11-19-16-18-10-8-15(20-16)14-7-4-9-17-12-14/h1-10,12H,11H2,(H,18,19,20). The average Bonchev–Trinajstić information content (AvgIpc) is 2.55. The number of aromatic nitrogens is 3. The van der Waals surface area contributed by atoms with E-state index in [2.05, 4.69) is 32.4 Å². The largest absolute Gasteiger partial charge is 0.350 e. The first-order chi connectivity index (χ1) is 9.92. The van der Waals surface area contributed by atoms with Crippen molar-refractivity contribution in [1.29, 1.82) is 0 Å². The molecule has 0 bridgehead atoms. The van der Waals surface area contributed by atoms with Crippen LogP contribution in [0.5, 0.6) is 0 Å². The minimum Gasteiger partial charge on any atom is -0.350 e. The van der Waals surface area contributed by atoms with E-state index in [0.717, 1.165) is 11.3 Å². The lowest BCUT2D eigenvalue weighted by Crippen LogP contribution is -2.03. The van der Waals surface area contributed by atoms with E-state index < -0.39 is 0 Å². The maximum absolute atomic E-state index is 4.50. The van der Waals surface area contributed by atoms with Gasteiger partial charge in [0.25, 0.3) is 0 Å². The summed E-state index contributed by atoms with van der Waals surface area (Å²) >= 11 is 0. The van der Waals surface area contributed by atoms with Crippen LogP contribution in [0, 0.1) is 0 Å². The van der Waals surface area contributed by atoms with Crippen LogP contribution < -0.4 is 5.32 Å². The Morgan fingerprint density at radius 2 is 1.80 bits per heavy atom. The normalized spacial score (nSPS) is 10.2. The highest BCUT2D eigenvalue weighted by atomic mass is 15.1. The van der Waals surface area contributed by atoms with Crippen LogP contribution >= 0.6 is 0 Å². The molecule has 2 heterocycles. The molecule has 0 unspecified atom stereocenters. The molecule has 0 saturated heterocycles. The van der Waals surface area contributed by atoms with Crippen LogP contribution in [0.25, 0.3) is 11.3 Å². The van der Waals surface area contributed by atoms with Gasteiger partial charge in [-0.3, -0.25) is 4.98 Å². The van der Waals surface area contributed by atoms with Gasteiger partial charge in [-0.15, -0.1) is 0 Å². The summed E-state index contributed by atoms with van der Waals surface area (Å²) in [6.45, 7) is 0.706. The van der Waals surface area contributed by atoms with Gasteiger partial charge in [0.1, 0.15) is 0 Å². The van der Waals surface area contributed by atoms with Crippen molar-refractivity contribution in [2.24, 2.45) is 0 Å². The highest BCUT2D eigenvalue weighted by Gasteiger charge is 2.01. The molecule has 0 spiro atoms. The molecular formula is C16H14N4. The van der Waals surface area contributed by atoms with Crippen molar-refractivity contribution in [1.82, 2.24) is 15.0 Å². The number of pyridine rings is 1. The van der Waals surface area contributed by atoms with Gasteiger partial charge < -0.3 is 5.32 Å². The van der Waals surface area contributed by atoms with Crippen LogP contribution in [-0.4, -0.2) is 15.0 Å². The minimum atomic E-state index is 0.621. The Balaban J connectivity index is 1.75. The number of rotatable bonds is 4. The van der Waals surface area contributed by atoms with Crippen molar-refractivity contribution in [2.45, 2.75) is 6.54 Å². The maximum atomic E-state index is 4.50. The zero-order valence-electron chi connectivity index (χ0n) is 10.9. The predicted molar refractivity (Wildman–Crippen MR) is 79.0 cm³/mol. The summed E-state index contributed by atoms with van der Waals surface area (Å²) in [5.74, 6) is 0.621. The fourth-order valence-electron chi connectivity index (χ4n) is 1.90. The summed E-state index contributed by atoms with van der Waals surface area (Å²) in [6, 6.07) is 15.9. The zero-order chi connectivity index (χ0) is 13.6. The summed E-state index contributed by atoms with van der Waals surface area (Å²) < 4.78 is 0. The molecule has 4 heteroatoms. The summed E-state index contributed by atoms with van der Waals surface area (Å²) in [5, 5.41) is 3.23. The zero-order valence-corrected chi connectivity index (χ0v) is 10.9. The van der Waals surface area contributed by atoms with Gasteiger partial charge in [-0.25, -0.2) is 9.97 Å². The van der Waals surface area contributed by atoms with Crippen LogP contribution in [0.1, 0.15) is 5.56 Å². The molecule has 0 fully saturated rings. The molecule has 4 nitrogen and oxygen atoms in total. The second kappa shape index (κ2) is 5.93. The van der Waals surface area contributed by atoms with Crippen LogP contribution in [0.2, 0.25) is 0 Å². The fourth-order valence-corrected chi connectivity index (χ4v) is 1.90. The third-order valence-corrected chi connectivity index (χ3v) is 2.91. The number of hydrogen-bond acceptors (Lipinski definition) is 4. The molecule has 2 aromatic heterocycles. The summed E-state index contributed by atoms with van der Waals surface area (Å²) in [4.78, 5) is 12.8. The van der Waals surface area contributed by atoms with E-state index in [1.807, 2.05) is 36.4 Å². The Morgan fingerprint density at radius 1 is 0.900 bits per heavy atom. The van der Waals surface area contributed by atoms with Crippen molar-refractivity contribution < 1.29 is 0 Å². The van der Waals surface area contributed by atoms with Crippen molar-refractivity contribution >= 4 is 5.95 Å². The lowest BCUT2D eigenvalue weighted by Gasteiger charge is -2.06. The minimum absolute atomic E-state index is 0.621. The Hall–Kier alpha value is -2.75.